The van der Waals surface area contributed by atoms with E-state index in [0.29, 0.717) is 39.5 Å². The number of likely N-dealkylation sites (tertiary alicyclic amines) is 1. The minimum absolute atomic E-state index is 0.0897. The van der Waals surface area contributed by atoms with E-state index >= 15 is 0 Å². The van der Waals surface area contributed by atoms with Crippen LogP contribution in [-0.4, -0.2) is 64.0 Å². The van der Waals surface area contributed by atoms with Gasteiger partial charge in [0, 0.05) is 45.8 Å². The standard InChI is InChI=1S/C35H36ClF2N4O7PS/c1-34(2,3)29(40-31(44)28-19-21-18-22(9-16-27(21)51-28)35(37,38)50(47,48)49)33(46)41-17-5-6-26(41)32(45)42(25-14-10-23(36)11-15-25)24-12-7-20(8-13-24)30(43)39-4/h7-16,18-19,26,29H,5-6,17H2,1-4H3,(H,39,43)(H,40,44)(H2,47,48,49)/t26-,29?/m0/s1. The van der Waals surface area contributed by atoms with Crippen LogP contribution in [0, 0.1) is 5.41 Å². The Balaban J connectivity index is 1.42. The lowest BCUT2D eigenvalue weighted by atomic mass is 9.85. The maximum atomic E-state index is 14.4. The molecule has 5 rings (SSSR count). The number of fused-ring (bicyclic) bond motifs is 1. The number of carbonyl (C=O) groups excluding carboxylic acids is 4. The number of alkyl halides is 2. The summed E-state index contributed by atoms with van der Waals surface area (Å²) in [5.41, 5.74) is -4.80. The lowest BCUT2D eigenvalue weighted by Gasteiger charge is -2.36. The summed E-state index contributed by atoms with van der Waals surface area (Å²) in [5, 5.41) is 5.98. The van der Waals surface area contributed by atoms with E-state index in [1.54, 1.807) is 69.3 Å². The van der Waals surface area contributed by atoms with Crippen LogP contribution in [0.25, 0.3) is 10.1 Å². The number of carbonyl (C=O) groups is 4. The maximum Gasteiger partial charge on any atom is 0.399 e. The lowest BCUT2D eigenvalue weighted by Crippen LogP contribution is -2.57. The molecule has 270 valence electrons. The van der Waals surface area contributed by atoms with E-state index in [4.69, 9.17) is 21.4 Å². The Morgan fingerprint density at radius 2 is 1.57 bits per heavy atom. The minimum Gasteiger partial charge on any atom is -0.355 e. The molecule has 3 aromatic carbocycles. The van der Waals surface area contributed by atoms with Crippen molar-refractivity contribution in [2.24, 2.45) is 5.41 Å². The van der Waals surface area contributed by atoms with Gasteiger partial charge in [-0.2, -0.15) is 8.78 Å². The van der Waals surface area contributed by atoms with Crippen molar-refractivity contribution in [3.05, 3.63) is 93.8 Å². The highest BCUT2D eigenvalue weighted by molar-refractivity contribution is 7.52. The molecule has 16 heteroatoms. The van der Waals surface area contributed by atoms with Crippen LogP contribution in [0.1, 0.15) is 59.2 Å². The Kier molecular flexibility index (Phi) is 10.8. The molecule has 1 fully saturated rings. The summed E-state index contributed by atoms with van der Waals surface area (Å²) in [5.74, 6) is -1.84. The fourth-order valence-corrected chi connectivity index (χ4v) is 7.41. The van der Waals surface area contributed by atoms with Gasteiger partial charge in [-0.25, -0.2) is 0 Å². The predicted molar refractivity (Wildman–Crippen MR) is 192 cm³/mol. The molecule has 2 heterocycles. The quantitative estimate of drug-likeness (QED) is 0.139. The van der Waals surface area contributed by atoms with Crippen molar-refractivity contribution in [3.63, 3.8) is 0 Å². The maximum absolute atomic E-state index is 14.4. The van der Waals surface area contributed by atoms with Crippen molar-refractivity contribution in [1.82, 2.24) is 15.5 Å². The normalized spacial score (nSPS) is 15.8. The molecule has 4 aromatic rings. The third-order valence-corrected chi connectivity index (χ3v) is 10.9. The molecular weight excluding hydrogens is 725 g/mol. The summed E-state index contributed by atoms with van der Waals surface area (Å²) < 4.78 is 40.6. The molecule has 0 saturated carbocycles. The van der Waals surface area contributed by atoms with Gasteiger partial charge in [0.05, 0.1) is 4.88 Å². The number of rotatable bonds is 9. The average molecular weight is 761 g/mol. The molecule has 0 radical (unpaired) electrons. The Morgan fingerprint density at radius 1 is 0.961 bits per heavy atom. The van der Waals surface area contributed by atoms with Gasteiger partial charge in [-0.1, -0.05) is 38.4 Å². The van der Waals surface area contributed by atoms with Crippen LogP contribution in [0.5, 0.6) is 0 Å². The molecule has 4 amide bonds. The first kappa shape index (κ1) is 38.0. The van der Waals surface area contributed by atoms with Crippen LogP contribution >= 0.6 is 30.5 Å². The highest BCUT2D eigenvalue weighted by Gasteiger charge is 2.50. The van der Waals surface area contributed by atoms with E-state index in [1.165, 1.54) is 29.0 Å². The number of nitrogens with zero attached hydrogens (tertiary/aromatic N) is 2. The number of nitrogens with one attached hydrogen (secondary N) is 2. The first-order valence-electron chi connectivity index (χ1n) is 15.8. The molecule has 2 atom stereocenters. The predicted octanol–water partition coefficient (Wildman–Crippen LogP) is 6.64. The second-order valence-corrected chi connectivity index (χ2v) is 16.4. The number of amides is 4. The van der Waals surface area contributed by atoms with Gasteiger partial charge in [-0.05, 0) is 90.4 Å². The zero-order valence-electron chi connectivity index (χ0n) is 28.0. The molecule has 1 saturated heterocycles. The largest absolute Gasteiger partial charge is 0.399 e. The summed E-state index contributed by atoms with van der Waals surface area (Å²) >= 11 is 7.11. The molecule has 1 aliphatic rings. The third kappa shape index (κ3) is 7.85. The van der Waals surface area contributed by atoms with E-state index in [2.05, 4.69) is 10.6 Å². The SMILES string of the molecule is CNC(=O)c1ccc(N(C(=O)[C@@H]2CCCN2C(=O)C(NC(=O)c2cc3cc(C(F)(F)P(=O)(O)O)ccc3s2)C(C)(C)C)c2ccc(Cl)cc2)cc1. The van der Waals surface area contributed by atoms with E-state index < -0.39 is 54.0 Å². The van der Waals surface area contributed by atoms with Gasteiger partial charge in [0.1, 0.15) is 12.1 Å². The Morgan fingerprint density at radius 3 is 2.14 bits per heavy atom. The number of hydrogen-bond acceptors (Lipinski definition) is 6. The summed E-state index contributed by atoms with van der Waals surface area (Å²) in [6.45, 7) is 5.54. The van der Waals surface area contributed by atoms with Crippen LogP contribution in [0.2, 0.25) is 5.02 Å². The number of hydrogen-bond donors (Lipinski definition) is 4. The van der Waals surface area contributed by atoms with Crippen LogP contribution in [0.4, 0.5) is 20.2 Å². The van der Waals surface area contributed by atoms with Gasteiger partial charge < -0.3 is 25.3 Å². The molecule has 11 nitrogen and oxygen atoms in total. The highest BCUT2D eigenvalue weighted by Crippen LogP contribution is 2.59. The van der Waals surface area contributed by atoms with Crippen molar-refractivity contribution >= 4 is 75.6 Å². The fourth-order valence-electron chi connectivity index (χ4n) is 5.86. The van der Waals surface area contributed by atoms with Crippen molar-refractivity contribution < 1.29 is 42.3 Å². The monoisotopic (exact) mass is 760 g/mol. The number of halogens is 3. The summed E-state index contributed by atoms with van der Waals surface area (Å²) in [6.07, 6.45) is 0.878. The fraction of sp³-hybridized carbons (Fsp3) is 0.314. The molecule has 1 aliphatic heterocycles. The second kappa shape index (κ2) is 14.4. The average Bonchev–Trinajstić information content (AvgIpc) is 3.74. The van der Waals surface area contributed by atoms with Crippen LogP contribution in [0.15, 0.2) is 72.8 Å². The number of benzene rings is 3. The minimum atomic E-state index is -5.80. The summed E-state index contributed by atoms with van der Waals surface area (Å²) in [7, 11) is -4.29. The van der Waals surface area contributed by atoms with E-state index in [9.17, 15) is 32.5 Å². The first-order valence-corrected chi connectivity index (χ1v) is 18.6. The molecule has 0 aliphatic carbocycles. The van der Waals surface area contributed by atoms with Crippen molar-refractivity contribution in [2.75, 3.05) is 18.5 Å². The molecule has 1 aromatic heterocycles. The first-order chi connectivity index (χ1) is 23.8. The van der Waals surface area contributed by atoms with E-state index in [0.717, 1.165) is 23.5 Å². The highest BCUT2D eigenvalue weighted by atomic mass is 35.5. The molecule has 51 heavy (non-hydrogen) atoms. The molecule has 4 N–H and O–H groups in total. The van der Waals surface area contributed by atoms with Crippen LogP contribution in [0.3, 0.4) is 0 Å². The van der Waals surface area contributed by atoms with Crippen molar-refractivity contribution in [1.29, 1.82) is 0 Å². The van der Waals surface area contributed by atoms with Gasteiger partial charge in [-0.3, -0.25) is 28.6 Å². The Bertz CT molecular complexity index is 2030. The van der Waals surface area contributed by atoms with Gasteiger partial charge in [0.2, 0.25) is 5.91 Å². The van der Waals surface area contributed by atoms with Gasteiger partial charge in [0.25, 0.3) is 17.7 Å². The Hall–Kier alpha value is -4.20. The molecule has 0 spiro atoms. The number of thiophene rings is 1. The molecule has 1 unspecified atom stereocenters. The number of anilines is 2. The summed E-state index contributed by atoms with van der Waals surface area (Å²) in [6, 6.07) is 15.5. The second-order valence-electron chi connectivity index (χ2n) is 13.2. The van der Waals surface area contributed by atoms with Crippen LogP contribution in [-0.2, 0) is 19.8 Å². The van der Waals surface area contributed by atoms with E-state index in [1.807, 2.05) is 0 Å². The van der Waals surface area contributed by atoms with Gasteiger partial charge in [0.15, 0.2) is 0 Å². The third-order valence-electron chi connectivity index (χ3n) is 8.58. The zero-order chi connectivity index (χ0) is 37.5. The zero-order valence-corrected chi connectivity index (χ0v) is 30.5. The van der Waals surface area contributed by atoms with Crippen molar-refractivity contribution in [2.45, 2.75) is 51.4 Å². The van der Waals surface area contributed by atoms with Crippen LogP contribution < -0.4 is 15.5 Å². The topological polar surface area (TPSA) is 156 Å². The smallest absolute Gasteiger partial charge is 0.355 e. The lowest BCUT2D eigenvalue weighted by molar-refractivity contribution is -0.140. The van der Waals surface area contributed by atoms with Gasteiger partial charge >= 0.3 is 13.3 Å². The Labute approximate surface area is 301 Å². The summed E-state index contributed by atoms with van der Waals surface area (Å²) in [4.78, 5) is 75.8. The molecule has 0 bridgehead atoms. The van der Waals surface area contributed by atoms with Crippen molar-refractivity contribution in [3.8, 4) is 0 Å². The molecular formula is C35H36ClF2N4O7PS. The van der Waals surface area contributed by atoms with E-state index in [-0.39, 0.29) is 22.7 Å². The van der Waals surface area contributed by atoms with Gasteiger partial charge in [-0.15, -0.1) is 11.3 Å².